The molecule has 2 aromatic carbocycles. The zero-order valence-electron chi connectivity index (χ0n) is 15.9. The van der Waals surface area contributed by atoms with Crippen LogP contribution in [0, 0.1) is 0 Å². The van der Waals surface area contributed by atoms with Crippen LogP contribution < -0.4 is 9.47 Å². The zero-order valence-corrected chi connectivity index (χ0v) is 17.5. The second-order valence-electron chi connectivity index (χ2n) is 6.54. The van der Waals surface area contributed by atoms with E-state index >= 15 is 0 Å². The lowest BCUT2D eigenvalue weighted by molar-refractivity contribution is 0.102. The predicted molar refractivity (Wildman–Crippen MR) is 113 cm³/mol. The van der Waals surface area contributed by atoms with E-state index in [1.165, 1.54) is 11.8 Å². The molecule has 150 valence electrons. The van der Waals surface area contributed by atoms with Crippen LogP contribution in [0.15, 0.2) is 47.6 Å². The number of nitrogens with zero attached hydrogens (tertiary/aromatic N) is 3. The number of ketones is 1. The lowest BCUT2D eigenvalue weighted by Gasteiger charge is -2.18. The average Bonchev–Trinajstić information content (AvgIpc) is 3.15. The summed E-state index contributed by atoms with van der Waals surface area (Å²) in [5.74, 6) is 2.34. The standard InChI is InChI=1S/C21H20ClN3O3S/c1-2-9-25-20(14-3-6-16(22)7-4-14)23-24-21(25)29-13-17(26)15-5-8-18-19(12-15)28-11-10-27-18/h3-8,12H,2,9-11,13H2,1H3. The Kier molecular flexibility index (Phi) is 6.06. The van der Waals surface area contributed by atoms with Gasteiger partial charge in [0.1, 0.15) is 13.2 Å². The van der Waals surface area contributed by atoms with Crippen LogP contribution in [0.25, 0.3) is 11.4 Å². The first-order valence-corrected chi connectivity index (χ1v) is 10.8. The van der Waals surface area contributed by atoms with Gasteiger partial charge in [-0.25, -0.2) is 0 Å². The van der Waals surface area contributed by atoms with Crippen molar-refractivity contribution in [2.24, 2.45) is 0 Å². The summed E-state index contributed by atoms with van der Waals surface area (Å²) >= 11 is 7.38. The molecule has 0 bridgehead atoms. The van der Waals surface area contributed by atoms with Crippen LogP contribution in [0.2, 0.25) is 5.02 Å². The van der Waals surface area contributed by atoms with Crippen molar-refractivity contribution in [2.75, 3.05) is 19.0 Å². The Labute approximate surface area is 178 Å². The highest BCUT2D eigenvalue weighted by atomic mass is 35.5. The van der Waals surface area contributed by atoms with E-state index in [1.54, 1.807) is 18.2 Å². The Hall–Kier alpha value is -2.51. The molecule has 1 aromatic heterocycles. The Morgan fingerprint density at radius 1 is 1.10 bits per heavy atom. The number of carbonyl (C=O) groups excluding carboxylic acids is 1. The van der Waals surface area contributed by atoms with Crippen LogP contribution in [0.1, 0.15) is 23.7 Å². The Bertz CT molecular complexity index is 1020. The molecule has 8 heteroatoms. The maximum absolute atomic E-state index is 12.7. The van der Waals surface area contributed by atoms with Gasteiger partial charge < -0.3 is 14.0 Å². The molecule has 0 saturated carbocycles. The van der Waals surface area contributed by atoms with Gasteiger partial charge in [-0.15, -0.1) is 10.2 Å². The van der Waals surface area contributed by atoms with E-state index < -0.39 is 0 Å². The van der Waals surface area contributed by atoms with E-state index in [-0.39, 0.29) is 11.5 Å². The fraction of sp³-hybridized carbons (Fsp3) is 0.286. The highest BCUT2D eigenvalue weighted by molar-refractivity contribution is 7.99. The third-order valence-electron chi connectivity index (χ3n) is 4.46. The summed E-state index contributed by atoms with van der Waals surface area (Å²) in [6.45, 7) is 3.89. The van der Waals surface area contributed by atoms with E-state index in [0.29, 0.717) is 35.3 Å². The van der Waals surface area contributed by atoms with E-state index in [4.69, 9.17) is 21.1 Å². The Morgan fingerprint density at radius 3 is 2.62 bits per heavy atom. The van der Waals surface area contributed by atoms with Gasteiger partial charge in [0.25, 0.3) is 0 Å². The van der Waals surface area contributed by atoms with Crippen molar-refractivity contribution in [2.45, 2.75) is 25.0 Å². The number of halogens is 1. The van der Waals surface area contributed by atoms with Gasteiger partial charge in [0.2, 0.25) is 0 Å². The summed E-state index contributed by atoms with van der Waals surface area (Å²) in [6.07, 6.45) is 0.933. The van der Waals surface area contributed by atoms with Crippen LogP contribution in [0.4, 0.5) is 0 Å². The molecule has 4 rings (SSSR count). The van der Waals surface area contributed by atoms with Crippen LogP contribution in [-0.2, 0) is 6.54 Å². The van der Waals surface area contributed by atoms with Gasteiger partial charge in [-0.3, -0.25) is 4.79 Å². The number of Topliss-reactive ketones (excluding diaryl/α,β-unsaturated/α-hetero) is 1. The Balaban J connectivity index is 1.50. The van der Waals surface area contributed by atoms with Crippen LogP contribution >= 0.6 is 23.4 Å². The first-order valence-electron chi connectivity index (χ1n) is 9.40. The first-order chi connectivity index (χ1) is 14.2. The topological polar surface area (TPSA) is 66.2 Å². The van der Waals surface area contributed by atoms with Crippen LogP contribution in [-0.4, -0.2) is 39.5 Å². The number of hydrogen-bond acceptors (Lipinski definition) is 6. The van der Waals surface area contributed by atoms with E-state index in [0.717, 1.165) is 29.5 Å². The Morgan fingerprint density at radius 2 is 1.86 bits per heavy atom. The monoisotopic (exact) mass is 429 g/mol. The third kappa shape index (κ3) is 4.41. The number of ether oxygens (including phenoxy) is 2. The third-order valence-corrected chi connectivity index (χ3v) is 5.68. The molecular weight excluding hydrogens is 410 g/mol. The van der Waals surface area contributed by atoms with E-state index in [2.05, 4.69) is 17.1 Å². The second-order valence-corrected chi connectivity index (χ2v) is 7.91. The molecule has 0 saturated heterocycles. The van der Waals surface area contributed by atoms with Crippen molar-refractivity contribution in [3.05, 3.63) is 53.1 Å². The minimum absolute atomic E-state index is 0.00562. The molecule has 0 atom stereocenters. The molecule has 0 spiro atoms. The van der Waals surface area contributed by atoms with Gasteiger partial charge in [-0.1, -0.05) is 30.3 Å². The summed E-state index contributed by atoms with van der Waals surface area (Å²) in [7, 11) is 0. The van der Waals surface area contributed by atoms with Crippen LogP contribution in [0.5, 0.6) is 11.5 Å². The van der Waals surface area contributed by atoms with Crippen molar-refractivity contribution in [1.29, 1.82) is 0 Å². The minimum atomic E-state index is 0.00562. The molecule has 3 aromatic rings. The van der Waals surface area contributed by atoms with E-state index in [9.17, 15) is 4.79 Å². The largest absolute Gasteiger partial charge is 0.486 e. The SMILES string of the molecule is CCCn1c(SCC(=O)c2ccc3c(c2)OCCO3)nnc1-c1ccc(Cl)cc1. The molecule has 1 aliphatic rings. The smallest absolute Gasteiger partial charge is 0.191 e. The van der Waals surface area contributed by atoms with Gasteiger partial charge in [0, 0.05) is 22.7 Å². The first kappa shape index (κ1) is 19.8. The van der Waals surface area contributed by atoms with Crippen molar-refractivity contribution >= 4 is 29.1 Å². The molecule has 2 heterocycles. The summed E-state index contributed by atoms with van der Waals surface area (Å²) in [5.41, 5.74) is 1.54. The zero-order chi connectivity index (χ0) is 20.2. The van der Waals surface area contributed by atoms with Gasteiger partial charge in [-0.2, -0.15) is 0 Å². The number of benzene rings is 2. The quantitative estimate of drug-likeness (QED) is 0.398. The van der Waals surface area contributed by atoms with Gasteiger partial charge in [0.15, 0.2) is 28.3 Å². The molecule has 0 unspecified atom stereocenters. The summed E-state index contributed by atoms with van der Waals surface area (Å²) in [4.78, 5) is 12.7. The molecular formula is C21H20ClN3O3S. The average molecular weight is 430 g/mol. The highest BCUT2D eigenvalue weighted by Crippen LogP contribution is 2.32. The number of thioether (sulfide) groups is 1. The van der Waals surface area contributed by atoms with Crippen molar-refractivity contribution in [3.63, 3.8) is 0 Å². The maximum Gasteiger partial charge on any atom is 0.191 e. The fourth-order valence-corrected chi connectivity index (χ4v) is 4.05. The molecule has 0 aliphatic carbocycles. The van der Waals surface area contributed by atoms with Crippen LogP contribution in [0.3, 0.4) is 0 Å². The van der Waals surface area contributed by atoms with E-state index in [1.807, 2.05) is 28.8 Å². The van der Waals surface area contributed by atoms with Crippen molar-refractivity contribution in [1.82, 2.24) is 14.8 Å². The molecule has 6 nitrogen and oxygen atoms in total. The minimum Gasteiger partial charge on any atom is -0.486 e. The van der Waals surface area contributed by atoms with Crippen molar-refractivity contribution in [3.8, 4) is 22.9 Å². The molecule has 29 heavy (non-hydrogen) atoms. The molecule has 0 N–H and O–H groups in total. The normalized spacial score (nSPS) is 12.8. The molecule has 0 radical (unpaired) electrons. The highest BCUT2D eigenvalue weighted by Gasteiger charge is 2.18. The molecule has 1 aliphatic heterocycles. The second kappa shape index (κ2) is 8.88. The van der Waals surface area contributed by atoms with Gasteiger partial charge in [-0.05, 0) is 48.9 Å². The molecule has 0 amide bonds. The van der Waals surface area contributed by atoms with Crippen molar-refractivity contribution < 1.29 is 14.3 Å². The number of carbonyl (C=O) groups is 1. The van der Waals surface area contributed by atoms with Gasteiger partial charge >= 0.3 is 0 Å². The summed E-state index contributed by atoms with van der Waals surface area (Å²) < 4.78 is 13.1. The summed E-state index contributed by atoms with van der Waals surface area (Å²) in [6, 6.07) is 12.8. The number of fused-ring (bicyclic) bond motifs is 1. The number of hydrogen-bond donors (Lipinski definition) is 0. The lowest BCUT2D eigenvalue weighted by atomic mass is 10.1. The lowest BCUT2D eigenvalue weighted by Crippen LogP contribution is -2.16. The molecule has 0 fully saturated rings. The number of rotatable bonds is 7. The summed E-state index contributed by atoms with van der Waals surface area (Å²) in [5, 5.41) is 10.1. The predicted octanol–water partition coefficient (Wildman–Crippen LogP) is 4.75. The number of aromatic nitrogens is 3. The fourth-order valence-electron chi connectivity index (χ4n) is 3.06. The van der Waals surface area contributed by atoms with Gasteiger partial charge in [0.05, 0.1) is 5.75 Å². The maximum atomic E-state index is 12.7.